The molecule has 0 unspecified atom stereocenters. The molecule has 0 aromatic heterocycles. The minimum absolute atomic E-state index is 0.149. The van der Waals surface area contributed by atoms with Gasteiger partial charge in [0.15, 0.2) is 0 Å². The lowest BCUT2D eigenvalue weighted by Gasteiger charge is -2.27. The van der Waals surface area contributed by atoms with Gasteiger partial charge in [0.05, 0.1) is 18.4 Å². The first-order valence-corrected chi connectivity index (χ1v) is 5.66. The summed E-state index contributed by atoms with van der Waals surface area (Å²) in [6.45, 7) is 0.897. The van der Waals surface area contributed by atoms with E-state index in [0.29, 0.717) is 26.0 Å². The predicted molar refractivity (Wildman–Crippen MR) is 58.0 cm³/mol. The minimum Gasteiger partial charge on any atom is -0.481 e. The molecule has 0 aromatic carbocycles. The number of carboxylic acid groups (broad SMARTS) is 1. The van der Waals surface area contributed by atoms with Crippen LogP contribution < -0.4 is 5.32 Å². The molecule has 1 aliphatic carbocycles. The fourth-order valence-corrected chi connectivity index (χ4v) is 2.15. The molecule has 2 N–H and O–H groups in total. The highest BCUT2D eigenvalue weighted by atomic mass is 16.5. The number of ether oxygens (including phenoxy) is 1. The number of hydrogen-bond donors (Lipinski definition) is 2. The Morgan fingerprint density at radius 3 is 2.50 bits per heavy atom. The van der Waals surface area contributed by atoms with Gasteiger partial charge in [-0.1, -0.05) is 12.8 Å². The zero-order valence-corrected chi connectivity index (χ0v) is 9.57. The highest BCUT2D eigenvalue weighted by Crippen LogP contribution is 2.30. The average Bonchev–Trinajstić information content (AvgIpc) is 2.29. The molecule has 1 fully saturated rings. The smallest absolute Gasteiger partial charge is 0.307 e. The molecule has 5 nitrogen and oxygen atoms in total. The number of rotatable bonds is 5. The van der Waals surface area contributed by atoms with Crippen molar-refractivity contribution in [2.75, 3.05) is 20.3 Å². The van der Waals surface area contributed by atoms with Crippen molar-refractivity contribution in [2.45, 2.75) is 25.7 Å². The lowest BCUT2D eigenvalue weighted by atomic mass is 9.79. The second-order valence-electron chi connectivity index (χ2n) is 4.12. The third-order valence-corrected chi connectivity index (χ3v) is 3.03. The summed E-state index contributed by atoms with van der Waals surface area (Å²) in [5.74, 6) is -1.89. The van der Waals surface area contributed by atoms with Gasteiger partial charge < -0.3 is 15.2 Å². The van der Waals surface area contributed by atoms with Gasteiger partial charge in [-0.25, -0.2) is 0 Å². The lowest BCUT2D eigenvalue weighted by molar-refractivity contribution is -0.148. The monoisotopic (exact) mass is 229 g/mol. The average molecular weight is 229 g/mol. The van der Waals surface area contributed by atoms with Crippen LogP contribution in [0.15, 0.2) is 0 Å². The van der Waals surface area contributed by atoms with Crippen LogP contribution >= 0.6 is 0 Å². The van der Waals surface area contributed by atoms with Gasteiger partial charge in [-0.15, -0.1) is 0 Å². The van der Waals surface area contributed by atoms with E-state index in [0.717, 1.165) is 12.8 Å². The summed E-state index contributed by atoms with van der Waals surface area (Å²) in [6, 6.07) is 0. The zero-order valence-electron chi connectivity index (χ0n) is 9.57. The fraction of sp³-hybridized carbons (Fsp3) is 0.818. The van der Waals surface area contributed by atoms with Gasteiger partial charge >= 0.3 is 5.97 Å². The summed E-state index contributed by atoms with van der Waals surface area (Å²) in [5.41, 5.74) is 0. The molecule has 92 valence electrons. The number of methoxy groups -OCH3 is 1. The van der Waals surface area contributed by atoms with Crippen LogP contribution in [-0.4, -0.2) is 37.2 Å². The van der Waals surface area contributed by atoms with Crippen LogP contribution in [0.1, 0.15) is 25.7 Å². The van der Waals surface area contributed by atoms with Gasteiger partial charge in [-0.05, 0) is 12.8 Å². The maximum atomic E-state index is 11.8. The van der Waals surface area contributed by atoms with Crippen molar-refractivity contribution in [1.29, 1.82) is 0 Å². The zero-order chi connectivity index (χ0) is 12.0. The third-order valence-electron chi connectivity index (χ3n) is 3.03. The first-order valence-electron chi connectivity index (χ1n) is 5.66. The maximum Gasteiger partial charge on any atom is 0.307 e. The quantitative estimate of drug-likeness (QED) is 0.678. The normalized spacial score (nSPS) is 25.1. The van der Waals surface area contributed by atoms with E-state index in [9.17, 15) is 9.59 Å². The molecule has 1 aliphatic rings. The van der Waals surface area contributed by atoms with Gasteiger partial charge in [0.2, 0.25) is 5.91 Å². The Hall–Kier alpha value is -1.10. The molecule has 0 saturated heterocycles. The van der Waals surface area contributed by atoms with E-state index in [-0.39, 0.29) is 11.8 Å². The number of carbonyl (C=O) groups excluding carboxylic acids is 1. The van der Waals surface area contributed by atoms with E-state index in [2.05, 4.69) is 5.32 Å². The van der Waals surface area contributed by atoms with Crippen LogP contribution in [0.5, 0.6) is 0 Å². The number of carboxylic acids is 1. The summed E-state index contributed by atoms with van der Waals surface area (Å²) in [4.78, 5) is 22.8. The van der Waals surface area contributed by atoms with E-state index in [1.165, 1.54) is 0 Å². The summed E-state index contributed by atoms with van der Waals surface area (Å²) in [5, 5.41) is 11.7. The van der Waals surface area contributed by atoms with Crippen molar-refractivity contribution in [2.24, 2.45) is 11.8 Å². The molecule has 5 heteroatoms. The number of carbonyl (C=O) groups is 2. The van der Waals surface area contributed by atoms with Crippen molar-refractivity contribution in [3.05, 3.63) is 0 Å². The summed E-state index contributed by atoms with van der Waals surface area (Å²) < 4.78 is 4.82. The van der Waals surface area contributed by atoms with Crippen molar-refractivity contribution >= 4 is 11.9 Å². The molecule has 1 amide bonds. The van der Waals surface area contributed by atoms with Gasteiger partial charge in [-0.2, -0.15) is 0 Å². The Balaban J connectivity index is 2.47. The second-order valence-corrected chi connectivity index (χ2v) is 4.12. The molecular weight excluding hydrogens is 210 g/mol. The molecule has 0 aliphatic heterocycles. The third kappa shape index (κ3) is 3.48. The van der Waals surface area contributed by atoms with Gasteiger partial charge in [0, 0.05) is 13.7 Å². The predicted octanol–water partition coefficient (Wildman–Crippen LogP) is 0.640. The Bertz CT molecular complexity index is 254. The highest BCUT2D eigenvalue weighted by molar-refractivity contribution is 5.84. The summed E-state index contributed by atoms with van der Waals surface area (Å²) in [6.07, 6.45) is 3.12. The molecule has 1 saturated carbocycles. The van der Waals surface area contributed by atoms with E-state index in [1.54, 1.807) is 7.11 Å². The molecule has 0 bridgehead atoms. The van der Waals surface area contributed by atoms with Gasteiger partial charge in [0.25, 0.3) is 0 Å². The first kappa shape index (κ1) is 13.0. The standard InChI is InChI=1S/C11H19NO4/c1-16-7-6-12-10(13)8-4-2-3-5-9(8)11(14)15/h8-9H,2-7H2,1H3,(H,12,13)(H,14,15)/t8-,9+/m1/s1. The molecule has 16 heavy (non-hydrogen) atoms. The molecule has 0 spiro atoms. The molecule has 0 aromatic rings. The van der Waals surface area contributed by atoms with Crippen molar-refractivity contribution in [3.63, 3.8) is 0 Å². The number of amides is 1. The number of nitrogens with one attached hydrogen (secondary N) is 1. The lowest BCUT2D eigenvalue weighted by Crippen LogP contribution is -2.40. The number of hydrogen-bond acceptors (Lipinski definition) is 3. The second kappa shape index (κ2) is 6.48. The van der Waals surface area contributed by atoms with E-state index < -0.39 is 11.9 Å². The Morgan fingerprint density at radius 2 is 1.94 bits per heavy atom. The summed E-state index contributed by atoms with van der Waals surface area (Å²) in [7, 11) is 1.56. The van der Waals surface area contributed by atoms with Gasteiger partial charge in [-0.3, -0.25) is 9.59 Å². The van der Waals surface area contributed by atoms with Crippen molar-refractivity contribution < 1.29 is 19.4 Å². The Labute approximate surface area is 95.2 Å². The Kier molecular flexibility index (Phi) is 5.25. The molecule has 1 rings (SSSR count). The molecule has 2 atom stereocenters. The maximum absolute atomic E-state index is 11.8. The van der Waals surface area contributed by atoms with Crippen LogP contribution in [0.2, 0.25) is 0 Å². The molecule has 0 radical (unpaired) electrons. The van der Waals surface area contributed by atoms with Gasteiger partial charge in [0.1, 0.15) is 0 Å². The molecular formula is C11H19NO4. The van der Waals surface area contributed by atoms with E-state index in [4.69, 9.17) is 9.84 Å². The fourth-order valence-electron chi connectivity index (χ4n) is 2.15. The van der Waals surface area contributed by atoms with Crippen LogP contribution in [-0.2, 0) is 14.3 Å². The Morgan fingerprint density at radius 1 is 1.31 bits per heavy atom. The minimum atomic E-state index is -0.855. The topological polar surface area (TPSA) is 75.6 Å². The van der Waals surface area contributed by atoms with Crippen molar-refractivity contribution in [3.8, 4) is 0 Å². The van der Waals surface area contributed by atoms with E-state index in [1.807, 2.05) is 0 Å². The van der Waals surface area contributed by atoms with Crippen LogP contribution in [0.4, 0.5) is 0 Å². The van der Waals surface area contributed by atoms with Crippen LogP contribution in [0, 0.1) is 11.8 Å². The van der Waals surface area contributed by atoms with Crippen LogP contribution in [0.3, 0.4) is 0 Å². The van der Waals surface area contributed by atoms with Crippen molar-refractivity contribution in [1.82, 2.24) is 5.32 Å². The van der Waals surface area contributed by atoms with Crippen LogP contribution in [0.25, 0.3) is 0 Å². The largest absolute Gasteiger partial charge is 0.481 e. The molecule has 0 heterocycles. The van der Waals surface area contributed by atoms with E-state index >= 15 is 0 Å². The highest BCUT2D eigenvalue weighted by Gasteiger charge is 2.35. The SMILES string of the molecule is COCCNC(=O)[C@@H]1CCCC[C@@H]1C(=O)O. The first-order chi connectivity index (χ1) is 7.66. The number of aliphatic carboxylic acids is 1. The summed E-state index contributed by atoms with van der Waals surface area (Å²) >= 11 is 0.